The van der Waals surface area contributed by atoms with Gasteiger partial charge < -0.3 is 14.3 Å². The molecule has 21 heavy (non-hydrogen) atoms. The molecule has 0 saturated heterocycles. The second-order valence-electron chi connectivity index (χ2n) is 4.06. The molecule has 1 N–H and O–H groups in total. The molecular formula is C14H13BrN2O4. The lowest BCUT2D eigenvalue weighted by Gasteiger charge is -2.09. The monoisotopic (exact) mass is 352 g/mol. The normalized spacial score (nSPS) is 11.0. The first-order valence-corrected chi connectivity index (χ1v) is 7.03. The van der Waals surface area contributed by atoms with Crippen molar-refractivity contribution in [3.05, 3.63) is 46.1 Å². The predicted octanol–water partition coefficient (Wildman–Crippen LogP) is 3.07. The van der Waals surface area contributed by atoms with Crippen LogP contribution in [0.25, 0.3) is 6.08 Å². The molecule has 0 saturated carbocycles. The maximum atomic E-state index is 10.6. The number of hydrogen-bond acceptors (Lipinski definition) is 5. The minimum absolute atomic E-state index is 0.115. The van der Waals surface area contributed by atoms with Gasteiger partial charge in [-0.3, -0.25) is 0 Å². The lowest BCUT2D eigenvalue weighted by molar-refractivity contribution is -0.131. The molecule has 0 fully saturated rings. The first kappa shape index (κ1) is 15.2. The number of aryl methyl sites for hydroxylation is 1. The Morgan fingerprint density at radius 3 is 2.86 bits per heavy atom. The molecule has 0 unspecified atom stereocenters. The van der Waals surface area contributed by atoms with Gasteiger partial charge in [-0.2, -0.15) is 0 Å². The van der Waals surface area contributed by atoms with E-state index >= 15 is 0 Å². The third-order valence-electron chi connectivity index (χ3n) is 2.55. The number of carbonyl (C=O) groups is 1. The van der Waals surface area contributed by atoms with Gasteiger partial charge in [0.2, 0.25) is 5.89 Å². The highest BCUT2D eigenvalue weighted by Crippen LogP contribution is 2.30. The van der Waals surface area contributed by atoms with E-state index in [2.05, 4.69) is 26.1 Å². The van der Waals surface area contributed by atoms with Crippen LogP contribution in [0.1, 0.15) is 24.3 Å². The number of nitrogens with zero attached hydrogens (tertiary/aromatic N) is 2. The lowest BCUT2D eigenvalue weighted by atomic mass is 10.2. The van der Waals surface area contributed by atoms with Crippen molar-refractivity contribution in [2.75, 3.05) is 0 Å². The molecular weight excluding hydrogens is 340 g/mol. The third-order valence-corrected chi connectivity index (χ3v) is 3.18. The van der Waals surface area contributed by atoms with E-state index < -0.39 is 5.97 Å². The number of carboxylic acids is 1. The molecule has 2 rings (SSSR count). The van der Waals surface area contributed by atoms with Gasteiger partial charge >= 0.3 is 5.97 Å². The van der Waals surface area contributed by atoms with Crippen LogP contribution < -0.4 is 4.74 Å². The van der Waals surface area contributed by atoms with Crippen molar-refractivity contribution in [1.82, 2.24) is 10.2 Å². The van der Waals surface area contributed by atoms with E-state index in [9.17, 15) is 4.79 Å². The van der Waals surface area contributed by atoms with Gasteiger partial charge in [0, 0.05) is 18.1 Å². The Labute approximate surface area is 129 Å². The fourth-order valence-corrected chi connectivity index (χ4v) is 2.09. The largest absolute Gasteiger partial charge is 0.482 e. The Balaban J connectivity index is 2.16. The number of hydrogen-bond donors (Lipinski definition) is 1. The molecule has 0 spiro atoms. The second kappa shape index (κ2) is 7.03. The Kier molecular flexibility index (Phi) is 5.10. The molecule has 7 heteroatoms. The van der Waals surface area contributed by atoms with Gasteiger partial charge in [0.25, 0.3) is 5.89 Å². The molecule has 1 aromatic carbocycles. The standard InChI is InChI=1S/C14H13BrN2O4/c1-2-11-16-17-12(21-11)8-20-14-9(6-7-13(18)19)4-3-5-10(14)15/h3-7H,2,8H2,1H3,(H,18,19). The average Bonchev–Trinajstić information content (AvgIpc) is 2.92. The van der Waals surface area contributed by atoms with E-state index in [4.69, 9.17) is 14.3 Å². The number of aliphatic carboxylic acids is 1. The number of ether oxygens (including phenoxy) is 1. The maximum absolute atomic E-state index is 10.6. The zero-order valence-electron chi connectivity index (χ0n) is 11.2. The Morgan fingerprint density at radius 2 is 2.19 bits per heavy atom. The number of aromatic nitrogens is 2. The van der Waals surface area contributed by atoms with Crippen molar-refractivity contribution < 1.29 is 19.1 Å². The summed E-state index contributed by atoms with van der Waals surface area (Å²) in [6.07, 6.45) is 3.18. The molecule has 1 aromatic heterocycles. The number of para-hydroxylation sites is 1. The van der Waals surface area contributed by atoms with Gasteiger partial charge in [0.05, 0.1) is 4.47 Å². The van der Waals surface area contributed by atoms with Gasteiger partial charge in [-0.25, -0.2) is 4.79 Å². The highest BCUT2D eigenvalue weighted by molar-refractivity contribution is 9.10. The first-order valence-electron chi connectivity index (χ1n) is 6.23. The highest BCUT2D eigenvalue weighted by atomic mass is 79.9. The predicted molar refractivity (Wildman–Crippen MR) is 78.8 cm³/mol. The van der Waals surface area contributed by atoms with Crippen LogP contribution in [0.15, 0.2) is 33.2 Å². The zero-order valence-corrected chi connectivity index (χ0v) is 12.8. The van der Waals surface area contributed by atoms with Crippen LogP contribution >= 0.6 is 15.9 Å². The van der Waals surface area contributed by atoms with Crippen LogP contribution in [0, 0.1) is 0 Å². The number of rotatable bonds is 6. The van der Waals surface area contributed by atoms with Gasteiger partial charge in [-0.15, -0.1) is 10.2 Å². The van der Waals surface area contributed by atoms with Gasteiger partial charge in [0.1, 0.15) is 5.75 Å². The number of halogens is 1. The maximum Gasteiger partial charge on any atom is 0.328 e. The SMILES string of the molecule is CCc1nnc(COc2c(Br)cccc2C=CC(=O)O)o1. The molecule has 0 atom stereocenters. The van der Waals surface area contributed by atoms with E-state index in [0.29, 0.717) is 34.0 Å². The zero-order chi connectivity index (χ0) is 15.2. The highest BCUT2D eigenvalue weighted by Gasteiger charge is 2.10. The first-order chi connectivity index (χ1) is 10.1. The molecule has 1 heterocycles. The Morgan fingerprint density at radius 1 is 1.43 bits per heavy atom. The van der Waals surface area contributed by atoms with Crippen LogP contribution in [0.3, 0.4) is 0 Å². The molecule has 2 aromatic rings. The fourth-order valence-electron chi connectivity index (χ4n) is 1.59. The van der Waals surface area contributed by atoms with Crippen molar-refractivity contribution in [3.8, 4) is 5.75 Å². The van der Waals surface area contributed by atoms with Crippen LogP contribution in [0.4, 0.5) is 0 Å². The van der Waals surface area contributed by atoms with E-state index in [-0.39, 0.29) is 6.61 Å². The third kappa shape index (κ3) is 4.16. The summed E-state index contributed by atoms with van der Waals surface area (Å²) in [5.41, 5.74) is 0.641. The second-order valence-corrected chi connectivity index (χ2v) is 4.92. The minimum atomic E-state index is -1.02. The molecule has 0 aliphatic carbocycles. The fraction of sp³-hybridized carbons (Fsp3) is 0.214. The van der Waals surface area contributed by atoms with Crippen LogP contribution in [0.5, 0.6) is 5.75 Å². The molecule has 0 bridgehead atoms. The molecule has 0 radical (unpaired) electrons. The van der Waals surface area contributed by atoms with Crippen LogP contribution in [-0.2, 0) is 17.8 Å². The van der Waals surface area contributed by atoms with Crippen LogP contribution in [0.2, 0.25) is 0 Å². The Bertz CT molecular complexity index is 667. The van der Waals surface area contributed by atoms with Gasteiger partial charge in [-0.1, -0.05) is 19.1 Å². The van der Waals surface area contributed by atoms with E-state index in [1.165, 1.54) is 6.08 Å². The summed E-state index contributed by atoms with van der Waals surface area (Å²) >= 11 is 3.37. The average molecular weight is 353 g/mol. The summed E-state index contributed by atoms with van der Waals surface area (Å²) in [6.45, 7) is 2.03. The topological polar surface area (TPSA) is 85.5 Å². The summed E-state index contributed by atoms with van der Waals surface area (Å²) < 4.78 is 11.7. The Hall–Kier alpha value is -2.15. The van der Waals surface area contributed by atoms with Crippen molar-refractivity contribution in [1.29, 1.82) is 0 Å². The lowest BCUT2D eigenvalue weighted by Crippen LogP contribution is -1.98. The summed E-state index contributed by atoms with van der Waals surface area (Å²) in [5, 5.41) is 16.4. The summed E-state index contributed by atoms with van der Waals surface area (Å²) in [5.74, 6) is 0.416. The van der Waals surface area contributed by atoms with Crippen molar-refractivity contribution >= 4 is 28.0 Å². The smallest absolute Gasteiger partial charge is 0.328 e. The summed E-state index contributed by atoms with van der Waals surface area (Å²) in [4.78, 5) is 10.6. The van der Waals surface area contributed by atoms with Gasteiger partial charge in [-0.05, 0) is 28.1 Å². The summed E-state index contributed by atoms with van der Waals surface area (Å²) in [7, 11) is 0. The molecule has 0 aliphatic rings. The number of benzene rings is 1. The van der Waals surface area contributed by atoms with Crippen LogP contribution in [-0.4, -0.2) is 21.3 Å². The van der Waals surface area contributed by atoms with E-state index in [1.54, 1.807) is 18.2 Å². The molecule has 6 nitrogen and oxygen atoms in total. The quantitative estimate of drug-likeness (QED) is 0.804. The van der Waals surface area contributed by atoms with Crippen molar-refractivity contribution in [2.24, 2.45) is 0 Å². The molecule has 110 valence electrons. The minimum Gasteiger partial charge on any atom is -0.482 e. The number of carboxylic acid groups (broad SMARTS) is 1. The molecule has 0 aliphatic heterocycles. The molecule has 0 amide bonds. The van der Waals surface area contributed by atoms with Gasteiger partial charge in [0.15, 0.2) is 6.61 Å². The van der Waals surface area contributed by atoms with E-state index in [0.717, 1.165) is 6.08 Å². The van der Waals surface area contributed by atoms with Crippen molar-refractivity contribution in [2.45, 2.75) is 20.0 Å². The van der Waals surface area contributed by atoms with Crippen molar-refractivity contribution in [3.63, 3.8) is 0 Å². The van der Waals surface area contributed by atoms with E-state index in [1.807, 2.05) is 6.92 Å². The summed E-state index contributed by atoms with van der Waals surface area (Å²) in [6, 6.07) is 5.35.